The third-order valence-electron chi connectivity index (χ3n) is 1.76. The molecule has 2 aromatic rings. The maximum absolute atomic E-state index is 10.5. The summed E-state index contributed by atoms with van der Waals surface area (Å²) in [5.41, 5.74) is 0. The quantitative estimate of drug-likeness (QED) is 0.647. The molecule has 1 N–H and O–H groups in total. The first-order valence-electron chi connectivity index (χ1n) is 4.41. The van der Waals surface area contributed by atoms with Crippen molar-refractivity contribution in [2.24, 2.45) is 0 Å². The summed E-state index contributed by atoms with van der Waals surface area (Å²) in [5, 5.41) is 0.992. The van der Waals surface area contributed by atoms with Crippen molar-refractivity contribution >= 4 is 34.6 Å². The van der Waals surface area contributed by atoms with Crippen LogP contribution in [0.15, 0.2) is 47.4 Å². The van der Waals surface area contributed by atoms with Crippen LogP contribution in [0.2, 0.25) is 0 Å². The number of anilines is 1. The van der Waals surface area contributed by atoms with E-state index in [0.717, 1.165) is 21.1 Å². The van der Waals surface area contributed by atoms with E-state index in [1.165, 1.54) is 11.3 Å². The lowest BCUT2D eigenvalue weighted by Gasteiger charge is -2.01. The Bertz CT molecular complexity index is 439. The number of rotatable bonds is 4. The minimum atomic E-state index is 0.742. The summed E-state index contributed by atoms with van der Waals surface area (Å²) in [6.07, 6.45) is 0.864. The number of hydrogen-bond donors (Lipinski definition) is 1. The average molecular weight is 235 g/mol. The minimum absolute atomic E-state index is 0.742. The predicted molar refractivity (Wildman–Crippen MR) is 65.6 cm³/mol. The standard InChI is InChI=1S/C11H9NOS2/c13-8-10-6-7-11(14-10)12-15-9-4-2-1-3-5-9/h1-8,12H. The van der Waals surface area contributed by atoms with Crippen LogP contribution in [0.3, 0.4) is 0 Å². The Balaban J connectivity index is 1.96. The molecule has 1 aromatic carbocycles. The average Bonchev–Trinajstić information content (AvgIpc) is 2.76. The maximum atomic E-state index is 10.5. The van der Waals surface area contributed by atoms with E-state index in [1.807, 2.05) is 42.5 Å². The second-order valence-corrected chi connectivity index (χ2v) is 4.83. The molecule has 0 radical (unpaired) electrons. The molecule has 2 nitrogen and oxygen atoms in total. The molecule has 0 aliphatic heterocycles. The first-order valence-corrected chi connectivity index (χ1v) is 6.05. The van der Waals surface area contributed by atoms with Crippen molar-refractivity contribution in [2.45, 2.75) is 4.90 Å². The van der Waals surface area contributed by atoms with E-state index >= 15 is 0 Å². The maximum Gasteiger partial charge on any atom is 0.160 e. The molecule has 76 valence electrons. The van der Waals surface area contributed by atoms with Crippen LogP contribution >= 0.6 is 23.3 Å². The molecule has 0 saturated heterocycles. The fourth-order valence-electron chi connectivity index (χ4n) is 1.07. The Morgan fingerprint density at radius 1 is 1.13 bits per heavy atom. The summed E-state index contributed by atoms with van der Waals surface area (Å²) in [4.78, 5) is 12.4. The molecule has 1 aromatic heterocycles. The van der Waals surface area contributed by atoms with Gasteiger partial charge in [0, 0.05) is 4.90 Å². The second kappa shape index (κ2) is 5.00. The number of hydrogen-bond acceptors (Lipinski definition) is 4. The van der Waals surface area contributed by atoms with Gasteiger partial charge in [0.1, 0.15) is 0 Å². The van der Waals surface area contributed by atoms with Crippen molar-refractivity contribution in [3.05, 3.63) is 47.3 Å². The zero-order chi connectivity index (χ0) is 10.5. The highest BCUT2D eigenvalue weighted by Gasteiger charge is 1.98. The van der Waals surface area contributed by atoms with Crippen LogP contribution in [-0.4, -0.2) is 6.29 Å². The van der Waals surface area contributed by atoms with Crippen LogP contribution in [0, 0.1) is 0 Å². The van der Waals surface area contributed by atoms with Crippen LogP contribution in [-0.2, 0) is 0 Å². The van der Waals surface area contributed by atoms with E-state index in [1.54, 1.807) is 11.9 Å². The van der Waals surface area contributed by atoms with E-state index in [4.69, 9.17) is 0 Å². The van der Waals surface area contributed by atoms with E-state index in [2.05, 4.69) is 4.72 Å². The number of carbonyl (C=O) groups excluding carboxylic acids is 1. The Kier molecular flexibility index (Phi) is 3.42. The van der Waals surface area contributed by atoms with Gasteiger partial charge in [-0.1, -0.05) is 18.2 Å². The van der Waals surface area contributed by atoms with Gasteiger partial charge in [-0.2, -0.15) is 0 Å². The molecule has 0 fully saturated rings. The summed E-state index contributed by atoms with van der Waals surface area (Å²) >= 11 is 2.99. The van der Waals surface area contributed by atoms with Crippen molar-refractivity contribution in [2.75, 3.05) is 4.72 Å². The van der Waals surface area contributed by atoms with Gasteiger partial charge in [-0.15, -0.1) is 11.3 Å². The Labute approximate surface area is 96.5 Å². The Morgan fingerprint density at radius 3 is 2.60 bits per heavy atom. The van der Waals surface area contributed by atoms with Gasteiger partial charge < -0.3 is 4.72 Å². The lowest BCUT2D eigenvalue weighted by atomic mass is 10.4. The number of aldehydes is 1. The number of thiophene rings is 1. The molecule has 0 bridgehead atoms. The van der Waals surface area contributed by atoms with Gasteiger partial charge >= 0.3 is 0 Å². The molecule has 0 saturated carbocycles. The molecule has 15 heavy (non-hydrogen) atoms. The summed E-state index contributed by atoms with van der Waals surface area (Å²) in [7, 11) is 0. The van der Waals surface area contributed by atoms with Crippen molar-refractivity contribution in [1.29, 1.82) is 0 Å². The monoisotopic (exact) mass is 235 g/mol. The molecule has 0 unspecified atom stereocenters. The molecular weight excluding hydrogens is 226 g/mol. The van der Waals surface area contributed by atoms with Gasteiger partial charge in [-0.05, 0) is 36.2 Å². The zero-order valence-electron chi connectivity index (χ0n) is 7.84. The number of carbonyl (C=O) groups is 1. The van der Waals surface area contributed by atoms with Gasteiger partial charge in [-0.25, -0.2) is 0 Å². The largest absolute Gasteiger partial charge is 0.317 e. The van der Waals surface area contributed by atoms with Crippen molar-refractivity contribution in [1.82, 2.24) is 0 Å². The van der Waals surface area contributed by atoms with E-state index in [-0.39, 0.29) is 0 Å². The fourth-order valence-corrected chi connectivity index (χ4v) is 2.51. The molecule has 2 rings (SSSR count). The topological polar surface area (TPSA) is 29.1 Å². The third-order valence-corrected chi connectivity index (χ3v) is 3.64. The molecule has 0 atom stereocenters. The zero-order valence-corrected chi connectivity index (χ0v) is 9.48. The lowest BCUT2D eigenvalue weighted by Crippen LogP contribution is -1.81. The molecule has 1 heterocycles. The highest BCUT2D eigenvalue weighted by molar-refractivity contribution is 8.00. The Morgan fingerprint density at radius 2 is 1.93 bits per heavy atom. The van der Waals surface area contributed by atoms with Crippen LogP contribution in [0.4, 0.5) is 5.00 Å². The highest BCUT2D eigenvalue weighted by atomic mass is 32.2. The SMILES string of the molecule is O=Cc1ccc(NSc2ccccc2)s1. The summed E-state index contributed by atoms with van der Waals surface area (Å²) in [6.45, 7) is 0. The minimum Gasteiger partial charge on any atom is -0.317 e. The summed E-state index contributed by atoms with van der Waals surface area (Å²) in [5.74, 6) is 0. The molecule has 0 aliphatic rings. The van der Waals surface area contributed by atoms with Crippen LogP contribution < -0.4 is 4.72 Å². The van der Waals surface area contributed by atoms with Crippen molar-refractivity contribution < 1.29 is 4.79 Å². The smallest absolute Gasteiger partial charge is 0.160 e. The molecular formula is C11H9NOS2. The van der Waals surface area contributed by atoms with Gasteiger partial charge in [-0.3, -0.25) is 4.79 Å². The fraction of sp³-hybridized carbons (Fsp3) is 0. The number of benzene rings is 1. The summed E-state index contributed by atoms with van der Waals surface area (Å²) in [6, 6.07) is 13.8. The van der Waals surface area contributed by atoms with Crippen LogP contribution in [0.25, 0.3) is 0 Å². The first-order chi connectivity index (χ1) is 7.38. The Hall–Kier alpha value is -1.26. The van der Waals surface area contributed by atoms with Crippen LogP contribution in [0.1, 0.15) is 9.67 Å². The van der Waals surface area contributed by atoms with Gasteiger partial charge in [0.15, 0.2) is 6.29 Å². The van der Waals surface area contributed by atoms with E-state index in [0.29, 0.717) is 0 Å². The first kappa shape index (κ1) is 10.3. The molecule has 0 spiro atoms. The lowest BCUT2D eigenvalue weighted by molar-refractivity contribution is 0.112. The highest BCUT2D eigenvalue weighted by Crippen LogP contribution is 2.26. The van der Waals surface area contributed by atoms with Gasteiger partial charge in [0.25, 0.3) is 0 Å². The van der Waals surface area contributed by atoms with Gasteiger partial charge in [0.05, 0.1) is 9.88 Å². The van der Waals surface area contributed by atoms with E-state index < -0.39 is 0 Å². The third kappa shape index (κ3) is 2.84. The number of nitrogens with one attached hydrogen (secondary N) is 1. The molecule has 0 amide bonds. The van der Waals surface area contributed by atoms with Crippen LogP contribution in [0.5, 0.6) is 0 Å². The molecule has 4 heteroatoms. The van der Waals surface area contributed by atoms with Crippen molar-refractivity contribution in [3.63, 3.8) is 0 Å². The van der Waals surface area contributed by atoms with Gasteiger partial charge in [0.2, 0.25) is 0 Å². The summed E-state index contributed by atoms with van der Waals surface area (Å²) < 4.78 is 3.19. The predicted octanol–water partition coefficient (Wildman–Crippen LogP) is 3.68. The normalized spacial score (nSPS) is 9.87. The van der Waals surface area contributed by atoms with E-state index in [9.17, 15) is 4.79 Å². The molecule has 0 aliphatic carbocycles. The second-order valence-electron chi connectivity index (χ2n) is 2.84. The van der Waals surface area contributed by atoms with Crippen molar-refractivity contribution in [3.8, 4) is 0 Å².